The van der Waals surface area contributed by atoms with Gasteiger partial charge in [0.2, 0.25) is 0 Å². The molecule has 4 aromatic carbocycles. The third-order valence-electron chi connectivity index (χ3n) is 6.53. The molecule has 0 unspecified atom stereocenters. The molecule has 0 fully saturated rings. The van der Waals surface area contributed by atoms with Crippen LogP contribution in [-0.4, -0.2) is 0 Å². The third-order valence-corrected chi connectivity index (χ3v) is 6.53. The number of hydrogen-bond acceptors (Lipinski definition) is 0. The Hall–Kier alpha value is -3.22. The van der Waals surface area contributed by atoms with Gasteiger partial charge in [-0.2, -0.15) is 0 Å². The fourth-order valence-electron chi connectivity index (χ4n) is 4.51. The second kappa shape index (κ2) is 12.3. The van der Waals surface area contributed by atoms with Gasteiger partial charge in [-0.1, -0.05) is 88.2 Å². The van der Waals surface area contributed by atoms with Gasteiger partial charge in [0.1, 0.15) is 0 Å². The Bertz CT molecular complexity index is 1280. The van der Waals surface area contributed by atoms with Crippen LogP contribution in [0.2, 0.25) is 0 Å². The number of benzene rings is 4. The molecule has 0 nitrogen and oxygen atoms in total. The first-order valence-corrected chi connectivity index (χ1v) is 13.2. The number of unbranched alkanes of at least 4 members (excludes halogenated alkanes) is 8. The van der Waals surface area contributed by atoms with Gasteiger partial charge in [0, 0.05) is 24.0 Å². The molecule has 0 bridgehead atoms. The molecular weight excluding hydrogens is 408 g/mol. The van der Waals surface area contributed by atoms with Gasteiger partial charge in [-0.05, 0) is 93.7 Å². The molecule has 0 radical (unpaired) electrons. The molecule has 0 amide bonds. The van der Waals surface area contributed by atoms with Crippen LogP contribution in [0.25, 0.3) is 32.3 Å². The highest BCUT2D eigenvalue weighted by Gasteiger charge is 2.03. The minimum atomic E-state index is 0.992. The molecule has 172 valence electrons. The van der Waals surface area contributed by atoms with Gasteiger partial charge in [-0.15, -0.1) is 0 Å². The van der Waals surface area contributed by atoms with Crippen molar-refractivity contribution in [1.29, 1.82) is 0 Å². The highest BCUT2D eigenvalue weighted by molar-refractivity contribution is 6.05. The van der Waals surface area contributed by atoms with Crippen LogP contribution in [0.1, 0.15) is 89.2 Å². The zero-order valence-corrected chi connectivity index (χ0v) is 20.8. The summed E-state index contributed by atoms with van der Waals surface area (Å²) < 4.78 is 0. The molecule has 0 saturated carbocycles. The van der Waals surface area contributed by atoms with Crippen molar-refractivity contribution >= 4 is 32.3 Å². The van der Waals surface area contributed by atoms with Crippen molar-refractivity contribution in [2.45, 2.75) is 78.1 Å². The fraction of sp³-hybridized carbons (Fsp3) is 0.353. The molecule has 0 aromatic heterocycles. The minimum absolute atomic E-state index is 0.992. The Kier molecular flexibility index (Phi) is 8.65. The summed E-state index contributed by atoms with van der Waals surface area (Å²) in [6, 6.07) is 22.4. The quantitative estimate of drug-likeness (QED) is 0.144. The van der Waals surface area contributed by atoms with E-state index in [9.17, 15) is 0 Å². The SMILES string of the molecule is CCCCCCC#Cc1ccc2cc3cc4ccc(C#CCCCCCC)cc4cc3cc2c1. The van der Waals surface area contributed by atoms with Gasteiger partial charge in [-0.25, -0.2) is 0 Å². The van der Waals surface area contributed by atoms with E-state index in [0.717, 1.165) is 24.0 Å². The molecule has 0 heterocycles. The van der Waals surface area contributed by atoms with Gasteiger partial charge in [0.05, 0.1) is 0 Å². The van der Waals surface area contributed by atoms with E-state index in [1.165, 1.54) is 83.7 Å². The summed E-state index contributed by atoms with van der Waals surface area (Å²) in [7, 11) is 0. The summed E-state index contributed by atoms with van der Waals surface area (Å²) in [6.45, 7) is 4.49. The van der Waals surface area contributed by atoms with Crippen molar-refractivity contribution in [1.82, 2.24) is 0 Å². The second-order valence-electron chi connectivity index (χ2n) is 9.40. The molecule has 0 heteroatoms. The van der Waals surface area contributed by atoms with Gasteiger partial charge in [0.25, 0.3) is 0 Å². The Morgan fingerprint density at radius 3 is 1.29 bits per heavy atom. The predicted octanol–water partition coefficient (Wildman–Crippen LogP) is 9.79. The Morgan fingerprint density at radius 1 is 0.441 bits per heavy atom. The molecule has 4 rings (SSSR count). The van der Waals surface area contributed by atoms with Crippen LogP contribution in [0.4, 0.5) is 0 Å². The standard InChI is InChI=1S/C34H36/c1-3-5-7-9-11-13-15-27-17-19-29-23-33-24-30-20-18-28(16-14-12-10-8-6-4-2)22-32(30)26-34(33)25-31(29)21-27/h17-26H,3-12H2,1-2H3. The summed E-state index contributed by atoms with van der Waals surface area (Å²) in [4.78, 5) is 0. The molecule has 0 saturated heterocycles. The van der Waals surface area contributed by atoms with Crippen molar-refractivity contribution in [3.8, 4) is 23.7 Å². The number of rotatable bonds is 8. The van der Waals surface area contributed by atoms with Crippen LogP contribution in [0.15, 0.2) is 60.7 Å². The number of hydrogen-bond donors (Lipinski definition) is 0. The zero-order valence-electron chi connectivity index (χ0n) is 20.8. The van der Waals surface area contributed by atoms with Crippen LogP contribution in [-0.2, 0) is 0 Å². The summed E-state index contributed by atoms with van der Waals surface area (Å²) >= 11 is 0. The van der Waals surface area contributed by atoms with Gasteiger partial charge >= 0.3 is 0 Å². The van der Waals surface area contributed by atoms with E-state index in [2.05, 4.69) is 98.2 Å². The minimum Gasteiger partial charge on any atom is -0.0979 e. The monoisotopic (exact) mass is 444 g/mol. The van der Waals surface area contributed by atoms with E-state index < -0.39 is 0 Å². The molecule has 4 aromatic rings. The first kappa shape index (κ1) is 23.9. The molecule has 34 heavy (non-hydrogen) atoms. The molecule has 0 N–H and O–H groups in total. The van der Waals surface area contributed by atoms with E-state index in [1.54, 1.807) is 0 Å². The third kappa shape index (κ3) is 6.43. The van der Waals surface area contributed by atoms with Crippen LogP contribution >= 0.6 is 0 Å². The maximum absolute atomic E-state index is 3.37. The molecule has 0 atom stereocenters. The normalized spacial score (nSPS) is 10.8. The van der Waals surface area contributed by atoms with Crippen LogP contribution < -0.4 is 0 Å². The topological polar surface area (TPSA) is 0 Å². The first-order valence-electron chi connectivity index (χ1n) is 13.2. The maximum Gasteiger partial charge on any atom is 0.0251 e. The van der Waals surface area contributed by atoms with Crippen molar-refractivity contribution in [2.75, 3.05) is 0 Å². The smallest absolute Gasteiger partial charge is 0.0251 e. The Labute approximate surface area is 205 Å². The lowest BCUT2D eigenvalue weighted by Crippen LogP contribution is -1.82. The molecule has 0 aliphatic rings. The van der Waals surface area contributed by atoms with Crippen LogP contribution in [0.5, 0.6) is 0 Å². The second-order valence-corrected chi connectivity index (χ2v) is 9.40. The lowest BCUT2D eigenvalue weighted by atomic mass is 9.98. The van der Waals surface area contributed by atoms with Crippen molar-refractivity contribution in [3.63, 3.8) is 0 Å². The molecular formula is C34H36. The van der Waals surface area contributed by atoms with Crippen LogP contribution in [0.3, 0.4) is 0 Å². The lowest BCUT2D eigenvalue weighted by molar-refractivity contribution is 0.679. The highest BCUT2D eigenvalue weighted by atomic mass is 14.1. The van der Waals surface area contributed by atoms with E-state index in [-0.39, 0.29) is 0 Å². The lowest BCUT2D eigenvalue weighted by Gasteiger charge is -2.06. The molecule has 0 spiro atoms. The number of fused-ring (bicyclic) bond motifs is 3. The Morgan fingerprint density at radius 2 is 0.853 bits per heavy atom. The van der Waals surface area contributed by atoms with E-state index in [4.69, 9.17) is 0 Å². The first-order chi connectivity index (χ1) is 16.8. The maximum atomic E-state index is 3.37. The summed E-state index contributed by atoms with van der Waals surface area (Å²) in [5.74, 6) is 13.5. The highest BCUT2D eigenvalue weighted by Crippen LogP contribution is 2.28. The largest absolute Gasteiger partial charge is 0.0979 e. The van der Waals surface area contributed by atoms with Gasteiger partial charge in [0.15, 0.2) is 0 Å². The molecule has 0 aliphatic carbocycles. The zero-order chi connectivity index (χ0) is 23.6. The van der Waals surface area contributed by atoms with Crippen molar-refractivity contribution < 1.29 is 0 Å². The average Bonchev–Trinajstić information content (AvgIpc) is 2.85. The van der Waals surface area contributed by atoms with Gasteiger partial charge < -0.3 is 0 Å². The van der Waals surface area contributed by atoms with E-state index in [0.29, 0.717) is 0 Å². The predicted molar refractivity (Wildman–Crippen MR) is 150 cm³/mol. The van der Waals surface area contributed by atoms with Crippen molar-refractivity contribution in [2.24, 2.45) is 0 Å². The molecule has 0 aliphatic heterocycles. The summed E-state index contributed by atoms with van der Waals surface area (Å²) in [5, 5.41) is 7.61. The van der Waals surface area contributed by atoms with Crippen LogP contribution in [0, 0.1) is 23.7 Å². The Balaban J connectivity index is 1.55. The average molecular weight is 445 g/mol. The summed E-state index contributed by atoms with van der Waals surface area (Å²) in [5.41, 5.74) is 2.22. The van der Waals surface area contributed by atoms with Gasteiger partial charge in [-0.3, -0.25) is 0 Å². The summed E-state index contributed by atoms with van der Waals surface area (Å²) in [6.07, 6.45) is 12.1. The fourth-order valence-corrected chi connectivity index (χ4v) is 4.51. The van der Waals surface area contributed by atoms with E-state index >= 15 is 0 Å². The van der Waals surface area contributed by atoms with Crippen molar-refractivity contribution in [3.05, 3.63) is 71.8 Å². The van der Waals surface area contributed by atoms with E-state index in [1.807, 2.05) is 0 Å².